The largest absolute Gasteiger partial charge is 0.395 e. The van der Waals surface area contributed by atoms with E-state index in [-0.39, 0.29) is 17.4 Å². The first-order valence-corrected chi connectivity index (χ1v) is 7.00. The van der Waals surface area contributed by atoms with Crippen LogP contribution in [0.2, 0.25) is 0 Å². The highest BCUT2D eigenvalue weighted by Crippen LogP contribution is 2.13. The molecule has 0 aliphatic carbocycles. The summed E-state index contributed by atoms with van der Waals surface area (Å²) in [6.45, 7) is 3.19. The van der Waals surface area contributed by atoms with Crippen LogP contribution < -0.4 is 4.72 Å². The van der Waals surface area contributed by atoms with Crippen LogP contribution in [-0.2, 0) is 10.0 Å². The van der Waals surface area contributed by atoms with Crippen LogP contribution >= 0.6 is 0 Å². The number of hydrogen-bond donors (Lipinski definition) is 2. The minimum Gasteiger partial charge on any atom is -0.395 e. The van der Waals surface area contributed by atoms with Crippen LogP contribution in [0.15, 0.2) is 23.2 Å². The molecule has 0 amide bonds. The topological polar surface area (TPSA) is 122 Å². The van der Waals surface area contributed by atoms with Gasteiger partial charge in [0.2, 0.25) is 10.0 Å². The second-order valence-corrected chi connectivity index (χ2v) is 5.98. The van der Waals surface area contributed by atoms with Crippen LogP contribution in [0.5, 0.6) is 0 Å². The van der Waals surface area contributed by atoms with Crippen LogP contribution in [0.4, 0.5) is 5.82 Å². The molecule has 0 spiro atoms. The van der Waals surface area contributed by atoms with E-state index < -0.39 is 26.8 Å². The van der Waals surface area contributed by atoms with Gasteiger partial charge in [0.25, 0.3) is 0 Å². The zero-order chi connectivity index (χ0) is 14.6. The average Bonchev–Trinajstić information content (AvgIpc) is 2.35. The van der Waals surface area contributed by atoms with Crippen molar-refractivity contribution in [2.24, 2.45) is 5.92 Å². The first-order chi connectivity index (χ1) is 8.77. The van der Waals surface area contributed by atoms with Crippen molar-refractivity contribution in [3.63, 3.8) is 0 Å². The van der Waals surface area contributed by atoms with Gasteiger partial charge in [0.05, 0.1) is 6.61 Å². The zero-order valence-corrected chi connectivity index (χ0v) is 11.3. The van der Waals surface area contributed by atoms with Gasteiger partial charge in [0.15, 0.2) is 6.20 Å². The molecule has 0 aliphatic heterocycles. The molecule has 0 radical (unpaired) electrons. The predicted molar refractivity (Wildman–Crippen MR) is 66.9 cm³/mol. The summed E-state index contributed by atoms with van der Waals surface area (Å²) in [4.78, 5) is 13.0. The van der Waals surface area contributed by atoms with Crippen LogP contribution in [0.1, 0.15) is 13.8 Å². The zero-order valence-electron chi connectivity index (χ0n) is 10.5. The molecule has 2 N–H and O–H groups in total. The lowest BCUT2D eigenvalue weighted by Crippen LogP contribution is -2.41. The Morgan fingerprint density at radius 1 is 1.47 bits per heavy atom. The fraction of sp³-hybridized carbons (Fsp3) is 0.500. The quantitative estimate of drug-likeness (QED) is 0.573. The van der Waals surface area contributed by atoms with Crippen molar-refractivity contribution in [1.82, 2.24) is 9.71 Å². The van der Waals surface area contributed by atoms with Crippen molar-refractivity contribution in [2.75, 3.05) is 6.61 Å². The Morgan fingerprint density at radius 3 is 2.47 bits per heavy atom. The number of nitrogens with zero attached hydrogens (tertiary/aromatic N) is 2. The van der Waals surface area contributed by atoms with E-state index in [0.717, 1.165) is 18.3 Å². The minimum absolute atomic E-state index is 0.0919. The number of hydrogen-bond acceptors (Lipinski definition) is 6. The molecule has 0 saturated carbocycles. The van der Waals surface area contributed by atoms with Gasteiger partial charge in [-0.25, -0.2) is 13.1 Å². The highest BCUT2D eigenvalue weighted by atomic mass is 32.2. The van der Waals surface area contributed by atoms with Gasteiger partial charge in [-0.2, -0.15) is 0 Å². The van der Waals surface area contributed by atoms with Crippen LogP contribution in [0.3, 0.4) is 0 Å². The Balaban J connectivity index is 2.97. The summed E-state index contributed by atoms with van der Waals surface area (Å²) in [5, 5.41) is 19.5. The maximum absolute atomic E-state index is 12.0. The SMILES string of the molecule is CC(C)C(CO)NS(=O)(=O)c1ccc([N+](=O)[O-])nc1. The summed E-state index contributed by atoms with van der Waals surface area (Å²) < 4.78 is 26.2. The third-order valence-corrected chi connectivity index (χ3v) is 4.00. The van der Waals surface area contributed by atoms with E-state index >= 15 is 0 Å². The smallest absolute Gasteiger partial charge is 0.363 e. The molecule has 0 fully saturated rings. The number of rotatable bonds is 6. The molecule has 0 aromatic carbocycles. The van der Waals surface area contributed by atoms with Crippen molar-refractivity contribution >= 4 is 15.8 Å². The summed E-state index contributed by atoms with van der Waals surface area (Å²) in [6.07, 6.45) is 0.912. The molecule has 1 atom stereocenters. The highest BCUT2D eigenvalue weighted by molar-refractivity contribution is 7.89. The van der Waals surface area contributed by atoms with Gasteiger partial charge >= 0.3 is 5.82 Å². The van der Waals surface area contributed by atoms with E-state index in [9.17, 15) is 18.5 Å². The Kier molecular flexibility index (Phi) is 4.92. The summed E-state index contributed by atoms with van der Waals surface area (Å²) >= 11 is 0. The van der Waals surface area contributed by atoms with Gasteiger partial charge in [-0.1, -0.05) is 13.8 Å². The average molecular weight is 289 g/mol. The summed E-state index contributed by atoms with van der Waals surface area (Å²) in [7, 11) is -3.85. The third-order valence-electron chi connectivity index (χ3n) is 2.53. The van der Waals surface area contributed by atoms with Crippen LogP contribution in [-0.4, -0.2) is 36.1 Å². The number of nitrogens with one attached hydrogen (secondary N) is 1. The number of aliphatic hydroxyl groups is 1. The number of aromatic nitrogens is 1. The van der Waals surface area contributed by atoms with E-state index in [1.807, 2.05) is 0 Å². The van der Waals surface area contributed by atoms with Gasteiger partial charge in [0, 0.05) is 12.1 Å². The number of sulfonamides is 1. The van der Waals surface area contributed by atoms with E-state index in [1.54, 1.807) is 13.8 Å². The molecule has 9 heteroatoms. The van der Waals surface area contributed by atoms with Crippen LogP contribution in [0.25, 0.3) is 0 Å². The second kappa shape index (κ2) is 6.04. The Hall–Kier alpha value is -1.58. The Bertz CT molecular complexity index is 541. The van der Waals surface area contributed by atoms with Gasteiger partial charge in [0.1, 0.15) is 4.90 Å². The van der Waals surface area contributed by atoms with Gasteiger partial charge in [-0.15, -0.1) is 0 Å². The van der Waals surface area contributed by atoms with Crippen molar-refractivity contribution in [1.29, 1.82) is 0 Å². The molecule has 1 rings (SSSR count). The second-order valence-electron chi connectivity index (χ2n) is 4.26. The number of nitro groups is 1. The summed E-state index contributed by atoms with van der Waals surface area (Å²) in [6, 6.07) is 1.49. The maximum atomic E-state index is 12.0. The van der Waals surface area contributed by atoms with E-state index in [4.69, 9.17) is 5.11 Å². The molecular weight excluding hydrogens is 274 g/mol. The lowest BCUT2D eigenvalue weighted by atomic mass is 10.1. The molecule has 1 unspecified atom stereocenters. The van der Waals surface area contributed by atoms with Crippen molar-refractivity contribution in [3.05, 3.63) is 28.4 Å². The van der Waals surface area contributed by atoms with Crippen LogP contribution in [0, 0.1) is 16.0 Å². The lowest BCUT2D eigenvalue weighted by Gasteiger charge is -2.19. The minimum atomic E-state index is -3.85. The number of pyridine rings is 1. The van der Waals surface area contributed by atoms with Crippen molar-refractivity contribution in [2.45, 2.75) is 24.8 Å². The standard InChI is InChI=1S/C10H15N3O5S/c1-7(2)9(6-14)12-19(17,18)8-3-4-10(11-5-8)13(15)16/h3-5,7,9,12,14H,6H2,1-2H3. The van der Waals surface area contributed by atoms with Crippen molar-refractivity contribution in [3.8, 4) is 0 Å². The normalized spacial score (nSPS) is 13.5. The van der Waals surface area contributed by atoms with E-state index in [2.05, 4.69) is 9.71 Å². The molecule has 19 heavy (non-hydrogen) atoms. The van der Waals surface area contributed by atoms with Crippen molar-refractivity contribution < 1.29 is 18.4 Å². The third kappa shape index (κ3) is 3.94. The predicted octanol–water partition coefficient (Wildman–Crippen LogP) is 0.285. The Labute approximate surface area is 110 Å². The first kappa shape index (κ1) is 15.5. The molecule has 1 heterocycles. The molecule has 0 bridgehead atoms. The first-order valence-electron chi connectivity index (χ1n) is 5.51. The fourth-order valence-electron chi connectivity index (χ4n) is 1.29. The molecule has 8 nitrogen and oxygen atoms in total. The summed E-state index contributed by atoms with van der Waals surface area (Å²) in [5.74, 6) is -0.521. The van der Waals surface area contributed by atoms with Gasteiger partial charge in [-0.05, 0) is 21.9 Å². The fourth-order valence-corrected chi connectivity index (χ4v) is 2.61. The van der Waals surface area contributed by atoms with E-state index in [1.165, 1.54) is 0 Å². The number of aliphatic hydroxyl groups excluding tert-OH is 1. The molecule has 1 aromatic heterocycles. The summed E-state index contributed by atoms with van der Waals surface area (Å²) in [5.41, 5.74) is 0. The Morgan fingerprint density at radius 2 is 2.11 bits per heavy atom. The van der Waals surface area contributed by atoms with Gasteiger partial charge < -0.3 is 15.2 Å². The molecule has 0 aliphatic rings. The molecule has 1 aromatic rings. The monoisotopic (exact) mass is 289 g/mol. The maximum Gasteiger partial charge on any atom is 0.363 e. The molecular formula is C10H15N3O5S. The molecule has 0 saturated heterocycles. The van der Waals surface area contributed by atoms with Gasteiger partial charge in [-0.3, -0.25) is 0 Å². The lowest BCUT2D eigenvalue weighted by molar-refractivity contribution is -0.389. The highest BCUT2D eigenvalue weighted by Gasteiger charge is 2.23. The molecule has 106 valence electrons. The van der Waals surface area contributed by atoms with E-state index in [0.29, 0.717) is 0 Å².